The maximum absolute atomic E-state index is 11.8. The Hall–Kier alpha value is -2.89. The molecule has 0 aliphatic rings. The first-order valence-electron chi connectivity index (χ1n) is 9.42. The Morgan fingerprint density at radius 2 is 1.60 bits per heavy atom. The van der Waals surface area contributed by atoms with Crippen LogP contribution in [-0.4, -0.2) is 19.7 Å². The molecule has 0 amide bonds. The summed E-state index contributed by atoms with van der Waals surface area (Å²) < 4.78 is 29.8. The molecule has 0 spiro atoms. The van der Waals surface area contributed by atoms with Crippen molar-refractivity contribution in [1.82, 2.24) is 4.98 Å². The minimum atomic E-state index is -3.27. The number of nitrogens with zero attached hydrogens (tertiary/aromatic N) is 1. The van der Waals surface area contributed by atoms with Crippen molar-refractivity contribution in [1.29, 1.82) is 0 Å². The topological polar surface area (TPSA) is 60.2 Å². The lowest BCUT2D eigenvalue weighted by Crippen LogP contribution is -1.96. The Labute approximate surface area is 181 Å². The van der Waals surface area contributed by atoms with E-state index in [2.05, 4.69) is 0 Å². The molecule has 0 fully saturated rings. The third kappa shape index (κ3) is 4.32. The molecular weight excluding hydrogens is 418 g/mol. The predicted molar refractivity (Wildman–Crippen MR) is 119 cm³/mol. The van der Waals surface area contributed by atoms with Gasteiger partial charge in [-0.1, -0.05) is 48.0 Å². The molecule has 0 atom stereocenters. The molecule has 152 valence electrons. The Balaban J connectivity index is 1.81. The molecule has 4 nitrogen and oxygen atoms in total. The lowest BCUT2D eigenvalue weighted by Gasteiger charge is -2.05. The predicted octanol–water partition coefficient (Wildman–Crippen LogP) is 5.96. The lowest BCUT2D eigenvalue weighted by molar-refractivity contribution is 0.519. The van der Waals surface area contributed by atoms with E-state index in [0.29, 0.717) is 28.8 Å². The van der Waals surface area contributed by atoms with Gasteiger partial charge >= 0.3 is 0 Å². The molecule has 1 heterocycles. The number of hydrogen-bond acceptors (Lipinski definition) is 4. The van der Waals surface area contributed by atoms with E-state index in [1.54, 1.807) is 24.3 Å². The van der Waals surface area contributed by atoms with Gasteiger partial charge in [0.05, 0.1) is 4.90 Å². The van der Waals surface area contributed by atoms with Crippen LogP contribution in [0.4, 0.5) is 0 Å². The molecule has 4 rings (SSSR count). The number of oxazole rings is 1. The van der Waals surface area contributed by atoms with Gasteiger partial charge in [0.25, 0.3) is 0 Å². The first kappa shape index (κ1) is 20.4. The van der Waals surface area contributed by atoms with Crippen LogP contribution in [0.1, 0.15) is 17.0 Å². The van der Waals surface area contributed by atoms with Gasteiger partial charge in [-0.25, -0.2) is 13.4 Å². The third-order valence-electron chi connectivity index (χ3n) is 4.85. The Kier molecular flexibility index (Phi) is 5.50. The van der Waals surface area contributed by atoms with E-state index in [1.165, 1.54) is 6.26 Å². The number of halogens is 1. The van der Waals surface area contributed by atoms with Gasteiger partial charge in [0, 0.05) is 28.8 Å². The normalized spacial score (nSPS) is 11.6. The summed E-state index contributed by atoms with van der Waals surface area (Å²) >= 11 is 6.20. The zero-order chi connectivity index (χ0) is 21.3. The molecule has 0 unspecified atom stereocenters. The highest BCUT2D eigenvalue weighted by molar-refractivity contribution is 7.90. The van der Waals surface area contributed by atoms with Crippen molar-refractivity contribution in [2.45, 2.75) is 18.2 Å². The van der Waals surface area contributed by atoms with Crippen molar-refractivity contribution in [2.24, 2.45) is 0 Å². The molecule has 0 radical (unpaired) electrons. The summed E-state index contributed by atoms with van der Waals surface area (Å²) in [6, 6.07) is 22.4. The average Bonchev–Trinajstić information content (AvgIpc) is 3.14. The van der Waals surface area contributed by atoms with E-state index in [4.69, 9.17) is 21.0 Å². The monoisotopic (exact) mass is 437 g/mol. The summed E-state index contributed by atoms with van der Waals surface area (Å²) in [6.45, 7) is 1.94. The lowest BCUT2D eigenvalue weighted by atomic mass is 10.0. The zero-order valence-corrected chi connectivity index (χ0v) is 18.2. The van der Waals surface area contributed by atoms with Crippen LogP contribution < -0.4 is 0 Å². The molecule has 6 heteroatoms. The van der Waals surface area contributed by atoms with Crippen LogP contribution in [0.25, 0.3) is 22.6 Å². The molecular formula is C24H20ClNO3S. The smallest absolute Gasteiger partial charge is 0.199 e. The van der Waals surface area contributed by atoms with Crippen molar-refractivity contribution in [3.63, 3.8) is 0 Å². The molecule has 0 aliphatic heterocycles. The molecule has 30 heavy (non-hydrogen) atoms. The van der Waals surface area contributed by atoms with Gasteiger partial charge in [-0.15, -0.1) is 0 Å². The summed E-state index contributed by atoms with van der Waals surface area (Å²) in [7, 11) is -3.27. The molecule has 0 aliphatic carbocycles. The van der Waals surface area contributed by atoms with Crippen LogP contribution in [0.5, 0.6) is 0 Å². The van der Waals surface area contributed by atoms with E-state index in [1.807, 2.05) is 55.5 Å². The fourth-order valence-corrected chi connectivity index (χ4v) is 4.00. The second kappa shape index (κ2) is 8.09. The molecule has 1 aromatic heterocycles. The first-order valence-corrected chi connectivity index (χ1v) is 11.7. The molecule has 0 saturated heterocycles. The first-order chi connectivity index (χ1) is 14.3. The summed E-state index contributed by atoms with van der Waals surface area (Å²) in [5.41, 5.74) is 4.39. The van der Waals surface area contributed by atoms with E-state index in [9.17, 15) is 8.42 Å². The highest BCUT2D eigenvalue weighted by Gasteiger charge is 2.18. The molecule has 0 N–H and O–H groups in total. The van der Waals surface area contributed by atoms with Crippen molar-refractivity contribution >= 4 is 21.4 Å². The summed E-state index contributed by atoms with van der Waals surface area (Å²) in [5, 5.41) is 0.686. The fourth-order valence-electron chi connectivity index (χ4n) is 3.25. The quantitative estimate of drug-likeness (QED) is 0.386. The van der Waals surface area contributed by atoms with Crippen LogP contribution in [0.3, 0.4) is 0 Å². The number of rotatable bonds is 5. The number of aromatic nitrogens is 1. The second-order valence-electron chi connectivity index (χ2n) is 7.21. The zero-order valence-electron chi connectivity index (χ0n) is 16.6. The highest BCUT2D eigenvalue weighted by atomic mass is 35.5. The standard InChI is InChI=1S/C24H20ClNO3S/c1-16-14-19(10-13-21(16)25)23-24(18-8-11-20(12-9-18)30(2,27)28)29-22(26-23)15-17-6-4-3-5-7-17/h3-14H,15H2,1-2H3. The molecule has 3 aromatic carbocycles. The second-order valence-corrected chi connectivity index (χ2v) is 9.63. The van der Waals surface area contributed by atoms with Crippen LogP contribution in [-0.2, 0) is 16.3 Å². The average molecular weight is 438 g/mol. The van der Waals surface area contributed by atoms with Crippen molar-refractivity contribution in [3.05, 3.63) is 94.8 Å². The van der Waals surface area contributed by atoms with Crippen molar-refractivity contribution in [3.8, 4) is 22.6 Å². The maximum Gasteiger partial charge on any atom is 0.199 e. The van der Waals surface area contributed by atoms with Gasteiger partial charge in [0.15, 0.2) is 21.5 Å². The van der Waals surface area contributed by atoms with E-state index >= 15 is 0 Å². The minimum absolute atomic E-state index is 0.263. The van der Waals surface area contributed by atoms with Crippen LogP contribution >= 0.6 is 11.6 Å². The Morgan fingerprint density at radius 3 is 2.23 bits per heavy atom. The van der Waals surface area contributed by atoms with Crippen molar-refractivity contribution < 1.29 is 12.8 Å². The summed E-state index contributed by atoms with van der Waals surface area (Å²) in [4.78, 5) is 5.03. The molecule has 4 aromatic rings. The maximum atomic E-state index is 11.8. The van der Waals surface area contributed by atoms with Crippen molar-refractivity contribution in [2.75, 3.05) is 6.26 Å². The number of benzene rings is 3. The SMILES string of the molecule is Cc1cc(-c2nc(Cc3ccccc3)oc2-c2ccc(S(C)(=O)=O)cc2)ccc1Cl. The van der Waals surface area contributed by atoms with Gasteiger partial charge in [0.2, 0.25) is 0 Å². The largest absolute Gasteiger partial charge is 0.440 e. The summed E-state index contributed by atoms with van der Waals surface area (Å²) in [6.07, 6.45) is 1.75. The van der Waals surface area contributed by atoms with Gasteiger partial charge in [-0.3, -0.25) is 0 Å². The highest BCUT2D eigenvalue weighted by Crippen LogP contribution is 2.35. The van der Waals surface area contributed by atoms with Gasteiger partial charge < -0.3 is 4.42 Å². The van der Waals surface area contributed by atoms with Crippen LogP contribution in [0.15, 0.2) is 82.1 Å². The number of aryl methyl sites for hydroxylation is 1. The van der Waals surface area contributed by atoms with Gasteiger partial charge in [-0.2, -0.15) is 0 Å². The van der Waals surface area contributed by atoms with Crippen LogP contribution in [0, 0.1) is 6.92 Å². The van der Waals surface area contributed by atoms with E-state index in [0.717, 1.165) is 22.3 Å². The summed E-state index contributed by atoms with van der Waals surface area (Å²) in [5.74, 6) is 1.19. The van der Waals surface area contributed by atoms with Crippen LogP contribution in [0.2, 0.25) is 5.02 Å². The third-order valence-corrected chi connectivity index (χ3v) is 6.40. The number of sulfone groups is 1. The van der Waals surface area contributed by atoms with Gasteiger partial charge in [-0.05, 0) is 54.4 Å². The Bertz CT molecular complexity index is 1290. The molecule has 0 saturated carbocycles. The fraction of sp³-hybridized carbons (Fsp3) is 0.125. The van der Waals surface area contributed by atoms with Gasteiger partial charge in [0.1, 0.15) is 5.69 Å². The minimum Gasteiger partial charge on any atom is -0.440 e. The number of hydrogen-bond donors (Lipinski definition) is 0. The Morgan fingerprint density at radius 1 is 0.933 bits per heavy atom. The van der Waals surface area contributed by atoms with E-state index < -0.39 is 9.84 Å². The molecule has 0 bridgehead atoms. The van der Waals surface area contributed by atoms with E-state index in [-0.39, 0.29) is 4.90 Å².